The van der Waals surface area contributed by atoms with Gasteiger partial charge in [0.15, 0.2) is 0 Å². The highest BCUT2D eigenvalue weighted by molar-refractivity contribution is 5.34. The van der Waals surface area contributed by atoms with Gasteiger partial charge in [-0.3, -0.25) is 0 Å². The summed E-state index contributed by atoms with van der Waals surface area (Å²) in [6.07, 6.45) is 5.71. The van der Waals surface area contributed by atoms with E-state index in [1.807, 2.05) is 19.2 Å². The van der Waals surface area contributed by atoms with Crippen molar-refractivity contribution in [3.8, 4) is 0 Å². The van der Waals surface area contributed by atoms with Crippen LogP contribution < -0.4 is 5.32 Å². The number of nitrogens with one attached hydrogen (secondary N) is 1. The lowest BCUT2D eigenvalue weighted by atomic mass is 10.1. The van der Waals surface area contributed by atoms with Gasteiger partial charge in [-0.2, -0.15) is 0 Å². The van der Waals surface area contributed by atoms with E-state index in [1.54, 1.807) is 6.08 Å². The SMILES string of the molecule is C=C/C=C(/NC)C(=C(C)C)N(C)C(C)C=C. The van der Waals surface area contributed by atoms with Gasteiger partial charge in [-0.1, -0.05) is 24.3 Å². The van der Waals surface area contributed by atoms with Crippen LogP contribution in [0.15, 0.2) is 48.4 Å². The molecule has 2 nitrogen and oxygen atoms in total. The van der Waals surface area contributed by atoms with Crippen molar-refractivity contribution >= 4 is 0 Å². The number of likely N-dealkylation sites (N-methyl/N-ethyl adjacent to an activating group) is 2. The Morgan fingerprint density at radius 1 is 1.31 bits per heavy atom. The van der Waals surface area contributed by atoms with Gasteiger partial charge in [0.25, 0.3) is 0 Å². The summed E-state index contributed by atoms with van der Waals surface area (Å²) in [5.74, 6) is 0. The van der Waals surface area contributed by atoms with Crippen LogP contribution in [0, 0.1) is 0 Å². The minimum absolute atomic E-state index is 0.298. The summed E-state index contributed by atoms with van der Waals surface area (Å²) < 4.78 is 0. The highest BCUT2D eigenvalue weighted by Crippen LogP contribution is 2.19. The molecule has 2 heteroatoms. The van der Waals surface area contributed by atoms with E-state index in [0.29, 0.717) is 6.04 Å². The molecule has 0 aliphatic heterocycles. The Hall–Kier alpha value is -1.44. The highest BCUT2D eigenvalue weighted by Gasteiger charge is 2.14. The Balaban J connectivity index is 5.33. The standard InChI is InChI=1S/C14H24N2/c1-8-10-13(15-6)14(11(3)4)16(7)12(5)9-2/h8-10,12,15H,1-2H2,3-7H3/b13-10+. The van der Waals surface area contributed by atoms with Crippen LogP contribution in [-0.2, 0) is 0 Å². The average molecular weight is 220 g/mol. The first-order chi connectivity index (χ1) is 7.49. The zero-order chi connectivity index (χ0) is 12.7. The Kier molecular flexibility index (Phi) is 6.31. The van der Waals surface area contributed by atoms with Gasteiger partial charge in [0.2, 0.25) is 0 Å². The van der Waals surface area contributed by atoms with E-state index in [1.165, 1.54) is 11.3 Å². The van der Waals surface area contributed by atoms with E-state index < -0.39 is 0 Å². The number of rotatable bonds is 6. The molecular formula is C14H24N2. The Morgan fingerprint density at radius 3 is 2.19 bits per heavy atom. The third-order valence-electron chi connectivity index (χ3n) is 2.59. The molecule has 0 rings (SSSR count). The topological polar surface area (TPSA) is 15.3 Å². The maximum atomic E-state index is 3.83. The molecule has 90 valence electrons. The van der Waals surface area contributed by atoms with Gasteiger partial charge in [-0.05, 0) is 26.8 Å². The van der Waals surface area contributed by atoms with Crippen LogP contribution in [0.4, 0.5) is 0 Å². The summed E-state index contributed by atoms with van der Waals surface area (Å²) in [5, 5.41) is 3.20. The molecule has 1 unspecified atom stereocenters. The molecule has 0 amide bonds. The molecule has 0 fully saturated rings. The number of nitrogens with zero attached hydrogens (tertiary/aromatic N) is 1. The lowest BCUT2D eigenvalue weighted by Crippen LogP contribution is -2.31. The third kappa shape index (κ3) is 3.61. The van der Waals surface area contributed by atoms with Crippen LogP contribution in [-0.4, -0.2) is 25.0 Å². The second-order valence-corrected chi connectivity index (χ2v) is 4.00. The van der Waals surface area contributed by atoms with Gasteiger partial charge in [-0.15, -0.1) is 6.58 Å². The molecule has 0 heterocycles. The summed E-state index contributed by atoms with van der Waals surface area (Å²) in [5.41, 5.74) is 3.53. The van der Waals surface area contributed by atoms with Crippen molar-refractivity contribution in [3.05, 3.63) is 48.4 Å². The summed E-state index contributed by atoms with van der Waals surface area (Å²) in [6.45, 7) is 13.9. The van der Waals surface area contributed by atoms with Crippen molar-refractivity contribution in [2.45, 2.75) is 26.8 Å². The summed E-state index contributed by atoms with van der Waals surface area (Å²) in [6, 6.07) is 0.298. The Bertz CT molecular complexity index is 307. The minimum atomic E-state index is 0.298. The van der Waals surface area contributed by atoms with Gasteiger partial charge in [0.05, 0.1) is 11.4 Å². The van der Waals surface area contributed by atoms with Gasteiger partial charge in [0.1, 0.15) is 0 Å². The molecule has 0 aromatic carbocycles. The fraction of sp³-hybridized carbons (Fsp3) is 0.429. The van der Waals surface area contributed by atoms with Crippen molar-refractivity contribution < 1.29 is 0 Å². The largest absolute Gasteiger partial charge is 0.386 e. The second kappa shape index (κ2) is 6.94. The number of hydrogen-bond donors (Lipinski definition) is 1. The van der Waals surface area contributed by atoms with Crippen molar-refractivity contribution in [3.63, 3.8) is 0 Å². The monoisotopic (exact) mass is 220 g/mol. The normalized spacial score (nSPS) is 12.7. The molecule has 0 bridgehead atoms. The van der Waals surface area contributed by atoms with Crippen molar-refractivity contribution in [1.29, 1.82) is 0 Å². The first-order valence-corrected chi connectivity index (χ1v) is 5.53. The van der Waals surface area contributed by atoms with E-state index in [0.717, 1.165) is 5.70 Å². The first kappa shape index (κ1) is 14.6. The van der Waals surface area contributed by atoms with E-state index in [9.17, 15) is 0 Å². The van der Waals surface area contributed by atoms with E-state index >= 15 is 0 Å². The molecule has 0 spiro atoms. The second-order valence-electron chi connectivity index (χ2n) is 4.00. The zero-order valence-electron chi connectivity index (χ0n) is 11.2. The van der Waals surface area contributed by atoms with Gasteiger partial charge in [-0.25, -0.2) is 0 Å². The highest BCUT2D eigenvalue weighted by atomic mass is 15.2. The fourth-order valence-corrected chi connectivity index (χ4v) is 1.57. The lowest BCUT2D eigenvalue weighted by molar-refractivity contribution is 0.372. The zero-order valence-corrected chi connectivity index (χ0v) is 11.2. The van der Waals surface area contributed by atoms with Crippen LogP contribution in [0.1, 0.15) is 20.8 Å². The smallest absolute Gasteiger partial charge is 0.0590 e. The number of allylic oxidation sites excluding steroid dienone is 3. The fourth-order valence-electron chi connectivity index (χ4n) is 1.57. The maximum absolute atomic E-state index is 3.83. The Morgan fingerprint density at radius 2 is 1.88 bits per heavy atom. The van der Waals surface area contributed by atoms with Crippen LogP contribution in [0.25, 0.3) is 0 Å². The van der Waals surface area contributed by atoms with Crippen molar-refractivity contribution in [2.24, 2.45) is 0 Å². The predicted molar refractivity (Wildman–Crippen MR) is 73.1 cm³/mol. The van der Waals surface area contributed by atoms with Gasteiger partial charge >= 0.3 is 0 Å². The van der Waals surface area contributed by atoms with E-state index in [2.05, 4.69) is 51.2 Å². The molecule has 0 aromatic heterocycles. The summed E-state index contributed by atoms with van der Waals surface area (Å²) >= 11 is 0. The van der Waals surface area contributed by atoms with Crippen LogP contribution >= 0.6 is 0 Å². The molecule has 1 N–H and O–H groups in total. The molecule has 0 saturated carbocycles. The van der Waals surface area contributed by atoms with Crippen LogP contribution in [0.2, 0.25) is 0 Å². The average Bonchev–Trinajstić information content (AvgIpc) is 2.26. The molecular weight excluding hydrogens is 196 g/mol. The number of hydrogen-bond acceptors (Lipinski definition) is 2. The molecule has 1 atom stereocenters. The molecule has 16 heavy (non-hydrogen) atoms. The van der Waals surface area contributed by atoms with E-state index in [-0.39, 0.29) is 0 Å². The molecule has 0 aliphatic rings. The molecule has 0 radical (unpaired) electrons. The Labute approximate surface area is 100 Å². The van der Waals surface area contributed by atoms with Gasteiger partial charge in [0, 0.05) is 20.1 Å². The quantitative estimate of drug-likeness (QED) is 0.546. The maximum Gasteiger partial charge on any atom is 0.0590 e. The molecule has 0 saturated heterocycles. The van der Waals surface area contributed by atoms with Gasteiger partial charge < -0.3 is 10.2 Å². The molecule has 0 aliphatic carbocycles. The van der Waals surface area contributed by atoms with E-state index in [4.69, 9.17) is 0 Å². The van der Waals surface area contributed by atoms with Crippen LogP contribution in [0.5, 0.6) is 0 Å². The summed E-state index contributed by atoms with van der Waals surface area (Å²) in [7, 11) is 3.99. The molecule has 0 aromatic rings. The van der Waals surface area contributed by atoms with Crippen molar-refractivity contribution in [2.75, 3.05) is 14.1 Å². The summed E-state index contributed by atoms with van der Waals surface area (Å²) in [4.78, 5) is 2.20. The van der Waals surface area contributed by atoms with Crippen molar-refractivity contribution in [1.82, 2.24) is 10.2 Å². The predicted octanol–water partition coefficient (Wildman–Crippen LogP) is 3.08. The lowest BCUT2D eigenvalue weighted by Gasteiger charge is -2.30. The first-order valence-electron chi connectivity index (χ1n) is 5.53. The van der Waals surface area contributed by atoms with Crippen LogP contribution in [0.3, 0.4) is 0 Å². The third-order valence-corrected chi connectivity index (χ3v) is 2.59. The minimum Gasteiger partial charge on any atom is -0.386 e.